The monoisotopic (exact) mass is 418 g/mol. The molecule has 0 aliphatic carbocycles. The maximum absolute atomic E-state index is 12.4. The number of quaternary nitrogens is 1. The fourth-order valence-corrected chi connectivity index (χ4v) is 5.41. The largest absolute Gasteiger partial charge is 0.347 e. The molecule has 1 fully saturated rings. The molecule has 2 N–H and O–H groups in total. The van der Waals surface area contributed by atoms with Crippen LogP contribution in [0.5, 0.6) is 0 Å². The van der Waals surface area contributed by atoms with Gasteiger partial charge in [0.25, 0.3) is 5.91 Å². The Bertz CT molecular complexity index is 609. The Morgan fingerprint density at radius 3 is 2.38 bits per heavy atom. The van der Waals surface area contributed by atoms with E-state index >= 15 is 0 Å². The van der Waals surface area contributed by atoms with Crippen molar-refractivity contribution >= 4 is 46.7 Å². The molecular formula is C16H28N5O2S3+. The van der Waals surface area contributed by atoms with Crippen LogP contribution in [0.25, 0.3) is 0 Å². The number of hydrogen-bond acceptors (Lipinski definition) is 7. The summed E-state index contributed by atoms with van der Waals surface area (Å²) in [5.41, 5.74) is -0.203. The number of carbonyl (C=O) groups is 2. The highest BCUT2D eigenvalue weighted by Gasteiger charge is 2.26. The number of thioether (sulfide) groups is 2. The molecule has 7 nitrogen and oxygen atoms in total. The van der Waals surface area contributed by atoms with Gasteiger partial charge in [0.2, 0.25) is 5.91 Å². The Morgan fingerprint density at radius 1 is 1.19 bits per heavy atom. The van der Waals surface area contributed by atoms with Crippen LogP contribution in [0.1, 0.15) is 27.7 Å². The second-order valence-electron chi connectivity index (χ2n) is 7.16. The molecule has 1 aliphatic heterocycles. The molecule has 10 heteroatoms. The van der Waals surface area contributed by atoms with Crippen molar-refractivity contribution in [1.29, 1.82) is 0 Å². The molecule has 0 spiro atoms. The Balaban J connectivity index is 1.69. The molecule has 0 bridgehead atoms. The minimum absolute atomic E-state index is 0.0693. The lowest BCUT2D eigenvalue weighted by Crippen LogP contribution is -3.16. The average molecular weight is 419 g/mol. The van der Waals surface area contributed by atoms with Crippen molar-refractivity contribution in [1.82, 2.24) is 20.4 Å². The van der Waals surface area contributed by atoms with Crippen molar-refractivity contribution in [3.63, 3.8) is 0 Å². The number of nitrogens with zero attached hydrogens (tertiary/aromatic N) is 3. The standard InChI is InChI=1S/C16H27N5O2S3/c1-5-24-14-18-19-15(26-14)25-11-13(23)21-8-6-20(7-9-21)10-12(22)17-16(2,3)4/h5-11H2,1-4H3,(H,17,22)/p+1. The smallest absolute Gasteiger partial charge is 0.275 e. The zero-order chi connectivity index (χ0) is 19.2. The number of amides is 2. The number of aromatic nitrogens is 2. The summed E-state index contributed by atoms with van der Waals surface area (Å²) in [6.45, 7) is 11.5. The highest BCUT2D eigenvalue weighted by Crippen LogP contribution is 2.28. The third-order valence-electron chi connectivity index (χ3n) is 3.72. The van der Waals surface area contributed by atoms with E-state index in [0.717, 1.165) is 27.5 Å². The van der Waals surface area contributed by atoms with Crippen LogP contribution in [-0.4, -0.2) is 76.7 Å². The number of rotatable bonds is 7. The van der Waals surface area contributed by atoms with E-state index in [2.05, 4.69) is 22.4 Å². The summed E-state index contributed by atoms with van der Waals surface area (Å²) in [6.07, 6.45) is 0. The van der Waals surface area contributed by atoms with Gasteiger partial charge in [0, 0.05) is 5.54 Å². The van der Waals surface area contributed by atoms with E-state index in [0.29, 0.717) is 25.4 Å². The fraction of sp³-hybridized carbons (Fsp3) is 0.750. The Kier molecular flexibility index (Phi) is 8.18. The lowest BCUT2D eigenvalue weighted by molar-refractivity contribution is -0.896. The van der Waals surface area contributed by atoms with Crippen LogP contribution in [-0.2, 0) is 9.59 Å². The lowest BCUT2D eigenvalue weighted by atomic mass is 10.1. The molecule has 0 saturated carbocycles. The van der Waals surface area contributed by atoms with Gasteiger partial charge in [-0.25, -0.2) is 0 Å². The highest BCUT2D eigenvalue weighted by atomic mass is 32.2. The first-order valence-corrected chi connectivity index (χ1v) is 11.6. The van der Waals surface area contributed by atoms with E-state index < -0.39 is 0 Å². The first kappa shape index (κ1) is 21.5. The molecule has 1 saturated heterocycles. The number of piperazine rings is 1. The SMILES string of the molecule is CCSc1nnc(SCC(=O)N2CC[NH+](CC(=O)NC(C)(C)C)CC2)s1. The van der Waals surface area contributed by atoms with Gasteiger partial charge < -0.3 is 15.1 Å². The summed E-state index contributed by atoms with van der Waals surface area (Å²) in [5.74, 6) is 1.57. The van der Waals surface area contributed by atoms with Gasteiger partial charge in [-0.15, -0.1) is 10.2 Å². The average Bonchev–Trinajstić information content (AvgIpc) is 2.99. The van der Waals surface area contributed by atoms with Crippen LogP contribution in [0.3, 0.4) is 0 Å². The first-order valence-electron chi connectivity index (χ1n) is 8.78. The van der Waals surface area contributed by atoms with Gasteiger partial charge in [-0.1, -0.05) is 41.8 Å². The van der Waals surface area contributed by atoms with Crippen LogP contribution >= 0.6 is 34.9 Å². The molecule has 0 radical (unpaired) electrons. The van der Waals surface area contributed by atoms with E-state index in [9.17, 15) is 9.59 Å². The zero-order valence-corrected chi connectivity index (χ0v) is 18.3. The van der Waals surface area contributed by atoms with Gasteiger partial charge in [-0.2, -0.15) is 0 Å². The van der Waals surface area contributed by atoms with E-state index in [-0.39, 0.29) is 17.4 Å². The Morgan fingerprint density at radius 2 is 1.81 bits per heavy atom. The summed E-state index contributed by atoms with van der Waals surface area (Å²) in [6, 6.07) is 0. The second kappa shape index (κ2) is 9.91. The quantitative estimate of drug-likeness (QED) is 0.624. The summed E-state index contributed by atoms with van der Waals surface area (Å²) < 4.78 is 1.80. The third-order valence-corrected chi connectivity index (χ3v) is 6.78. The fourth-order valence-electron chi connectivity index (χ4n) is 2.59. The molecule has 146 valence electrons. The van der Waals surface area contributed by atoms with E-state index in [4.69, 9.17) is 0 Å². The van der Waals surface area contributed by atoms with Crippen LogP contribution in [0.4, 0.5) is 0 Å². The third kappa shape index (κ3) is 7.42. The number of hydrogen-bond donors (Lipinski definition) is 2. The first-order chi connectivity index (χ1) is 12.3. The van der Waals surface area contributed by atoms with Crippen molar-refractivity contribution in [3.05, 3.63) is 0 Å². The number of nitrogens with one attached hydrogen (secondary N) is 2. The van der Waals surface area contributed by atoms with Crippen molar-refractivity contribution in [3.8, 4) is 0 Å². The van der Waals surface area contributed by atoms with Crippen molar-refractivity contribution in [2.45, 2.75) is 41.9 Å². The maximum Gasteiger partial charge on any atom is 0.275 e. The van der Waals surface area contributed by atoms with Gasteiger partial charge in [0.1, 0.15) is 0 Å². The summed E-state index contributed by atoms with van der Waals surface area (Å²) in [5, 5.41) is 11.2. The van der Waals surface area contributed by atoms with E-state index in [1.165, 1.54) is 16.7 Å². The predicted molar refractivity (Wildman–Crippen MR) is 107 cm³/mol. The summed E-state index contributed by atoms with van der Waals surface area (Å²) in [7, 11) is 0. The lowest BCUT2D eigenvalue weighted by Gasteiger charge is -2.32. The molecule has 0 aromatic carbocycles. The van der Waals surface area contributed by atoms with Gasteiger partial charge >= 0.3 is 0 Å². The Hall–Kier alpha value is -0.840. The topological polar surface area (TPSA) is 79.6 Å². The van der Waals surface area contributed by atoms with E-state index in [1.54, 1.807) is 23.1 Å². The maximum atomic E-state index is 12.4. The second-order valence-corrected chi connectivity index (χ2v) is 10.9. The van der Waals surface area contributed by atoms with Gasteiger partial charge in [-0.3, -0.25) is 9.59 Å². The summed E-state index contributed by atoms with van der Waals surface area (Å²) >= 11 is 4.67. The molecule has 2 amide bonds. The van der Waals surface area contributed by atoms with Crippen molar-refractivity contribution in [2.75, 3.05) is 44.2 Å². The normalized spacial score (nSPS) is 15.9. The molecule has 26 heavy (non-hydrogen) atoms. The molecule has 0 atom stereocenters. The number of carbonyl (C=O) groups excluding carboxylic acids is 2. The highest BCUT2D eigenvalue weighted by molar-refractivity contribution is 8.03. The zero-order valence-electron chi connectivity index (χ0n) is 15.8. The molecule has 1 aliphatic rings. The minimum Gasteiger partial charge on any atom is -0.347 e. The van der Waals surface area contributed by atoms with E-state index in [1.807, 2.05) is 25.7 Å². The molecule has 0 unspecified atom stereocenters. The predicted octanol–water partition coefficient (Wildman–Crippen LogP) is 0.384. The molecule has 2 heterocycles. The van der Waals surface area contributed by atoms with Crippen LogP contribution in [0.2, 0.25) is 0 Å². The minimum atomic E-state index is -0.203. The van der Waals surface area contributed by atoms with Gasteiger partial charge in [0.05, 0.1) is 31.9 Å². The Labute approximate surface area is 167 Å². The van der Waals surface area contributed by atoms with Crippen LogP contribution < -0.4 is 10.2 Å². The molecular weight excluding hydrogens is 390 g/mol. The molecule has 1 aromatic rings. The molecule has 2 rings (SSSR count). The van der Waals surface area contributed by atoms with Gasteiger partial charge in [-0.05, 0) is 26.5 Å². The molecule has 1 aromatic heterocycles. The van der Waals surface area contributed by atoms with Crippen molar-refractivity contribution < 1.29 is 14.5 Å². The van der Waals surface area contributed by atoms with Gasteiger partial charge in [0.15, 0.2) is 15.2 Å². The summed E-state index contributed by atoms with van der Waals surface area (Å²) in [4.78, 5) is 27.5. The van der Waals surface area contributed by atoms with Crippen molar-refractivity contribution in [2.24, 2.45) is 0 Å². The van der Waals surface area contributed by atoms with Crippen LogP contribution in [0, 0.1) is 0 Å². The van der Waals surface area contributed by atoms with Crippen LogP contribution in [0.15, 0.2) is 8.68 Å².